The van der Waals surface area contributed by atoms with Gasteiger partial charge in [0.2, 0.25) is 5.95 Å². The highest BCUT2D eigenvalue weighted by molar-refractivity contribution is 5.82. The molecule has 8 nitrogen and oxygen atoms in total. The average Bonchev–Trinajstić information content (AvgIpc) is 3.20. The van der Waals surface area contributed by atoms with Crippen LogP contribution in [0.25, 0.3) is 17.1 Å². The van der Waals surface area contributed by atoms with E-state index in [1.165, 1.54) is 5.69 Å². The van der Waals surface area contributed by atoms with Crippen molar-refractivity contribution in [1.82, 2.24) is 24.4 Å². The van der Waals surface area contributed by atoms with Gasteiger partial charge in [-0.05, 0) is 50.6 Å². The molecule has 0 aliphatic carbocycles. The van der Waals surface area contributed by atoms with Crippen LogP contribution in [0.1, 0.15) is 25.0 Å². The second-order valence-electron chi connectivity index (χ2n) is 9.14. The zero-order chi connectivity index (χ0) is 21.5. The number of nitrogens with zero attached hydrogens (tertiary/aromatic N) is 6. The molecular weight excluding hydrogens is 402 g/mol. The van der Waals surface area contributed by atoms with Crippen molar-refractivity contribution in [2.75, 3.05) is 56.7 Å². The average molecular weight is 432 g/mol. The van der Waals surface area contributed by atoms with Gasteiger partial charge in [0.05, 0.1) is 17.4 Å². The summed E-state index contributed by atoms with van der Waals surface area (Å²) in [6.07, 6.45) is 11.4. The van der Waals surface area contributed by atoms with Crippen LogP contribution in [0.2, 0.25) is 0 Å². The first-order valence-electron chi connectivity index (χ1n) is 11.5. The number of nitrogens with one attached hydrogen (secondary N) is 1. The van der Waals surface area contributed by atoms with Crippen molar-refractivity contribution in [1.29, 1.82) is 0 Å². The van der Waals surface area contributed by atoms with Crippen molar-refractivity contribution in [2.24, 2.45) is 0 Å². The highest BCUT2D eigenvalue weighted by Gasteiger charge is 2.37. The second kappa shape index (κ2) is 7.86. The predicted octanol–water partition coefficient (Wildman–Crippen LogP) is 3.24. The van der Waals surface area contributed by atoms with Crippen LogP contribution in [0.5, 0.6) is 0 Å². The van der Waals surface area contributed by atoms with Gasteiger partial charge >= 0.3 is 0 Å². The molecule has 0 amide bonds. The zero-order valence-corrected chi connectivity index (χ0v) is 18.5. The third kappa shape index (κ3) is 3.43. The van der Waals surface area contributed by atoms with Crippen molar-refractivity contribution in [3.05, 3.63) is 42.4 Å². The molecule has 0 aromatic carbocycles. The SMILES string of the molecule is CN1CCN(c2ccc(Nc3ncc4cc5n(c4n3)C3(CC=C5)CCOCC3)nc2)CC1. The van der Waals surface area contributed by atoms with Gasteiger partial charge in [0.1, 0.15) is 11.5 Å². The summed E-state index contributed by atoms with van der Waals surface area (Å²) >= 11 is 0. The Morgan fingerprint density at radius 2 is 1.88 bits per heavy atom. The molecule has 3 aromatic rings. The van der Waals surface area contributed by atoms with Gasteiger partial charge in [0.25, 0.3) is 0 Å². The first kappa shape index (κ1) is 19.7. The number of aromatic nitrogens is 4. The first-order valence-corrected chi connectivity index (χ1v) is 11.5. The number of ether oxygens (including phenoxy) is 1. The minimum absolute atomic E-state index is 0.0537. The van der Waals surface area contributed by atoms with Crippen molar-refractivity contribution >= 4 is 34.6 Å². The summed E-state index contributed by atoms with van der Waals surface area (Å²) < 4.78 is 8.08. The lowest BCUT2D eigenvalue weighted by atomic mass is 9.84. The fraction of sp³-hybridized carbons (Fsp3) is 0.458. The summed E-state index contributed by atoms with van der Waals surface area (Å²) in [6, 6.07) is 6.33. The number of rotatable bonds is 3. The molecule has 1 spiro atoms. The summed E-state index contributed by atoms with van der Waals surface area (Å²) in [5, 5.41) is 4.38. The molecule has 3 aromatic heterocycles. The third-order valence-corrected chi connectivity index (χ3v) is 7.11. The summed E-state index contributed by atoms with van der Waals surface area (Å²) in [4.78, 5) is 18.8. The molecule has 1 N–H and O–H groups in total. The van der Waals surface area contributed by atoms with Crippen molar-refractivity contribution < 1.29 is 4.74 Å². The maximum absolute atomic E-state index is 5.67. The summed E-state index contributed by atoms with van der Waals surface area (Å²) in [6.45, 7) is 5.83. The van der Waals surface area contributed by atoms with Crippen LogP contribution in [0.4, 0.5) is 17.5 Å². The maximum Gasteiger partial charge on any atom is 0.230 e. The Morgan fingerprint density at radius 1 is 1.03 bits per heavy atom. The van der Waals surface area contributed by atoms with E-state index in [0.717, 1.165) is 81.2 Å². The lowest BCUT2D eigenvalue weighted by Gasteiger charge is -2.41. The van der Waals surface area contributed by atoms with E-state index in [-0.39, 0.29) is 5.54 Å². The monoisotopic (exact) mass is 431 g/mol. The van der Waals surface area contributed by atoms with Crippen LogP contribution in [0.15, 0.2) is 36.7 Å². The van der Waals surface area contributed by atoms with Gasteiger partial charge in [0, 0.05) is 56.7 Å². The molecule has 0 radical (unpaired) electrons. The van der Waals surface area contributed by atoms with Crippen LogP contribution >= 0.6 is 0 Å². The van der Waals surface area contributed by atoms with Crippen LogP contribution in [-0.2, 0) is 10.3 Å². The maximum atomic E-state index is 5.67. The van der Waals surface area contributed by atoms with Crippen molar-refractivity contribution in [3.63, 3.8) is 0 Å². The number of likely N-dealkylation sites (N-methyl/N-ethyl adjacent to an activating group) is 1. The standard InChI is InChI=1S/C24H29N7O/c1-29-9-11-30(12-10-29)20-4-5-21(25-17-20)27-23-26-16-18-15-19-3-2-6-24(7-13-32-14-8-24)31(19)22(18)28-23/h2-5,15-17H,6-14H2,1H3,(H,25,26,27,28). The molecule has 2 saturated heterocycles. The normalized spacial score (nSPS) is 20.6. The second-order valence-corrected chi connectivity index (χ2v) is 9.14. The fourth-order valence-electron chi connectivity index (χ4n) is 5.19. The third-order valence-electron chi connectivity index (χ3n) is 7.11. The minimum Gasteiger partial charge on any atom is -0.381 e. The smallest absolute Gasteiger partial charge is 0.230 e. The fourth-order valence-corrected chi connectivity index (χ4v) is 5.19. The van der Waals surface area contributed by atoms with E-state index < -0.39 is 0 Å². The van der Waals surface area contributed by atoms with Crippen LogP contribution in [0.3, 0.4) is 0 Å². The Bertz CT molecular complexity index is 1140. The van der Waals surface area contributed by atoms with E-state index in [2.05, 4.69) is 61.0 Å². The summed E-state index contributed by atoms with van der Waals surface area (Å²) in [5.74, 6) is 1.34. The topological polar surface area (TPSA) is 71.3 Å². The van der Waals surface area contributed by atoms with Gasteiger partial charge in [-0.2, -0.15) is 4.98 Å². The number of anilines is 3. The highest BCUT2D eigenvalue weighted by atomic mass is 16.5. The molecule has 3 aliphatic rings. The molecule has 0 bridgehead atoms. The highest BCUT2D eigenvalue weighted by Crippen LogP contribution is 2.41. The number of piperazine rings is 1. The van der Waals surface area contributed by atoms with Gasteiger partial charge in [-0.25, -0.2) is 9.97 Å². The minimum atomic E-state index is 0.0537. The molecule has 3 aliphatic heterocycles. The van der Waals surface area contributed by atoms with E-state index in [0.29, 0.717) is 5.95 Å². The van der Waals surface area contributed by atoms with Crippen molar-refractivity contribution in [2.45, 2.75) is 24.8 Å². The van der Waals surface area contributed by atoms with Crippen LogP contribution < -0.4 is 10.2 Å². The molecular formula is C24H29N7O. The molecule has 6 heterocycles. The van der Waals surface area contributed by atoms with Gasteiger partial charge < -0.3 is 24.4 Å². The molecule has 0 atom stereocenters. The summed E-state index contributed by atoms with van der Waals surface area (Å²) in [7, 11) is 2.17. The molecule has 0 saturated carbocycles. The lowest BCUT2D eigenvalue weighted by molar-refractivity contribution is 0.0228. The van der Waals surface area contributed by atoms with Gasteiger partial charge in [-0.3, -0.25) is 0 Å². The number of hydrogen-bond acceptors (Lipinski definition) is 7. The molecule has 2 fully saturated rings. The molecule has 0 unspecified atom stereocenters. The Morgan fingerprint density at radius 3 is 2.66 bits per heavy atom. The Labute approximate surface area is 187 Å². The van der Waals surface area contributed by atoms with E-state index in [9.17, 15) is 0 Å². The number of fused-ring (bicyclic) bond motifs is 4. The predicted molar refractivity (Wildman–Crippen MR) is 126 cm³/mol. The number of pyridine rings is 1. The summed E-state index contributed by atoms with van der Waals surface area (Å²) in [5.41, 5.74) is 3.40. The van der Waals surface area contributed by atoms with Crippen LogP contribution in [-0.4, -0.2) is 70.9 Å². The number of allylic oxidation sites excluding steroid dienone is 1. The van der Waals surface area contributed by atoms with E-state index >= 15 is 0 Å². The van der Waals surface area contributed by atoms with Gasteiger partial charge in [-0.1, -0.05) is 6.08 Å². The Balaban J connectivity index is 1.27. The molecule has 8 heteroatoms. The van der Waals surface area contributed by atoms with E-state index in [4.69, 9.17) is 9.72 Å². The quantitative estimate of drug-likeness (QED) is 0.683. The molecule has 166 valence electrons. The van der Waals surface area contributed by atoms with Crippen LogP contribution in [0, 0.1) is 0 Å². The Kier molecular flexibility index (Phi) is 4.84. The molecule has 32 heavy (non-hydrogen) atoms. The lowest BCUT2D eigenvalue weighted by Crippen LogP contribution is -2.44. The van der Waals surface area contributed by atoms with E-state index in [1.54, 1.807) is 0 Å². The number of hydrogen-bond donors (Lipinski definition) is 1. The van der Waals surface area contributed by atoms with Crippen molar-refractivity contribution in [3.8, 4) is 0 Å². The zero-order valence-electron chi connectivity index (χ0n) is 18.5. The van der Waals surface area contributed by atoms with Gasteiger partial charge in [0.15, 0.2) is 0 Å². The molecule has 6 rings (SSSR count). The first-order chi connectivity index (χ1) is 15.7. The van der Waals surface area contributed by atoms with E-state index in [1.807, 2.05) is 18.5 Å². The van der Waals surface area contributed by atoms with Gasteiger partial charge in [-0.15, -0.1) is 0 Å². The largest absolute Gasteiger partial charge is 0.381 e. The Hall–Kier alpha value is -2.97.